The molecule has 26 heavy (non-hydrogen) atoms. The molecular weight excluding hydrogens is 330 g/mol. The number of hydrogen-bond acceptors (Lipinski definition) is 4. The van der Waals surface area contributed by atoms with Gasteiger partial charge in [0.05, 0.1) is 12.6 Å². The summed E-state index contributed by atoms with van der Waals surface area (Å²) in [7, 11) is 1.65. The highest BCUT2D eigenvalue weighted by molar-refractivity contribution is 5.82. The van der Waals surface area contributed by atoms with E-state index in [9.17, 15) is 9.59 Å². The van der Waals surface area contributed by atoms with Gasteiger partial charge in [0.15, 0.2) is 0 Å². The predicted molar refractivity (Wildman–Crippen MR) is 101 cm³/mol. The van der Waals surface area contributed by atoms with Crippen molar-refractivity contribution in [1.29, 1.82) is 0 Å². The van der Waals surface area contributed by atoms with Crippen LogP contribution in [-0.2, 0) is 14.3 Å². The Morgan fingerprint density at radius 2 is 1.62 bits per heavy atom. The Labute approximate surface area is 157 Å². The Morgan fingerprint density at radius 1 is 1.00 bits per heavy atom. The first-order valence-corrected chi connectivity index (χ1v) is 10.5. The zero-order valence-electron chi connectivity index (χ0n) is 16.3. The van der Waals surface area contributed by atoms with E-state index in [1.807, 2.05) is 4.90 Å². The maximum Gasteiger partial charge on any atom is 0.237 e. The summed E-state index contributed by atoms with van der Waals surface area (Å²) in [6.45, 7) is 4.29. The molecule has 2 aliphatic carbocycles. The minimum atomic E-state index is -0.0434. The molecule has 1 saturated heterocycles. The van der Waals surface area contributed by atoms with E-state index in [2.05, 4.69) is 10.2 Å². The third-order valence-electron chi connectivity index (χ3n) is 6.44. The molecule has 3 aliphatic rings. The van der Waals surface area contributed by atoms with Gasteiger partial charge in [0.1, 0.15) is 0 Å². The van der Waals surface area contributed by atoms with Crippen molar-refractivity contribution in [3.63, 3.8) is 0 Å². The first-order valence-electron chi connectivity index (χ1n) is 10.5. The van der Waals surface area contributed by atoms with Gasteiger partial charge in [0.25, 0.3) is 0 Å². The lowest BCUT2D eigenvalue weighted by molar-refractivity contribution is -0.138. The van der Waals surface area contributed by atoms with Crippen LogP contribution in [0.25, 0.3) is 0 Å². The van der Waals surface area contributed by atoms with Crippen molar-refractivity contribution in [2.45, 2.75) is 57.4 Å². The molecule has 6 nitrogen and oxygen atoms in total. The molecule has 0 aromatic carbocycles. The average molecular weight is 366 g/mol. The molecule has 1 N–H and O–H groups in total. The van der Waals surface area contributed by atoms with Crippen LogP contribution in [0.15, 0.2) is 0 Å². The normalized spacial score (nSPS) is 24.1. The van der Waals surface area contributed by atoms with Crippen molar-refractivity contribution in [3.05, 3.63) is 0 Å². The SMILES string of the molecule is COCCNC(=O)[C@@H](C1CCCC1)N1CCN(C(=O)C2CCCC2)CC1. The van der Waals surface area contributed by atoms with Crippen LogP contribution in [0.1, 0.15) is 51.4 Å². The highest BCUT2D eigenvalue weighted by Gasteiger charge is 2.38. The van der Waals surface area contributed by atoms with Gasteiger partial charge in [-0.2, -0.15) is 0 Å². The molecule has 0 aromatic heterocycles. The molecule has 0 radical (unpaired) electrons. The van der Waals surface area contributed by atoms with Crippen LogP contribution in [0.3, 0.4) is 0 Å². The molecule has 2 saturated carbocycles. The molecule has 2 amide bonds. The zero-order chi connectivity index (χ0) is 18.4. The molecule has 0 aromatic rings. The van der Waals surface area contributed by atoms with Crippen LogP contribution in [0.4, 0.5) is 0 Å². The van der Waals surface area contributed by atoms with Crippen LogP contribution >= 0.6 is 0 Å². The second-order valence-electron chi connectivity index (χ2n) is 8.12. The lowest BCUT2D eigenvalue weighted by Gasteiger charge is -2.41. The van der Waals surface area contributed by atoms with Gasteiger partial charge in [-0.25, -0.2) is 0 Å². The molecule has 3 rings (SSSR count). The summed E-state index contributed by atoms with van der Waals surface area (Å²) in [6.07, 6.45) is 9.26. The van der Waals surface area contributed by atoms with Crippen molar-refractivity contribution in [2.24, 2.45) is 11.8 Å². The number of methoxy groups -OCH3 is 1. The highest BCUT2D eigenvalue weighted by atomic mass is 16.5. The van der Waals surface area contributed by atoms with E-state index >= 15 is 0 Å². The van der Waals surface area contributed by atoms with Gasteiger partial charge in [-0.3, -0.25) is 14.5 Å². The topological polar surface area (TPSA) is 61.9 Å². The van der Waals surface area contributed by atoms with Gasteiger partial charge in [-0.15, -0.1) is 0 Å². The number of rotatable bonds is 7. The summed E-state index contributed by atoms with van der Waals surface area (Å²) < 4.78 is 5.06. The summed E-state index contributed by atoms with van der Waals surface area (Å²) in [5.74, 6) is 1.20. The van der Waals surface area contributed by atoms with Gasteiger partial charge in [0, 0.05) is 45.8 Å². The molecule has 1 atom stereocenters. The first kappa shape index (κ1) is 19.6. The fourth-order valence-electron chi connectivity index (χ4n) is 4.98. The van der Waals surface area contributed by atoms with Crippen molar-refractivity contribution >= 4 is 11.8 Å². The molecular formula is C20H35N3O3. The maximum absolute atomic E-state index is 12.8. The molecule has 1 heterocycles. The quantitative estimate of drug-likeness (QED) is 0.697. The monoisotopic (exact) mass is 365 g/mol. The second kappa shape index (κ2) is 9.70. The average Bonchev–Trinajstić information content (AvgIpc) is 3.36. The van der Waals surface area contributed by atoms with Crippen LogP contribution in [0, 0.1) is 11.8 Å². The Balaban J connectivity index is 1.55. The van der Waals surface area contributed by atoms with Crippen LogP contribution in [-0.4, -0.2) is 74.1 Å². The highest BCUT2D eigenvalue weighted by Crippen LogP contribution is 2.32. The lowest BCUT2D eigenvalue weighted by Crippen LogP contribution is -2.58. The molecule has 6 heteroatoms. The zero-order valence-corrected chi connectivity index (χ0v) is 16.3. The molecule has 3 fully saturated rings. The number of amides is 2. The number of piperazine rings is 1. The number of hydrogen-bond donors (Lipinski definition) is 1. The van der Waals surface area contributed by atoms with E-state index in [0.29, 0.717) is 25.0 Å². The van der Waals surface area contributed by atoms with Crippen LogP contribution in [0.2, 0.25) is 0 Å². The molecule has 0 unspecified atom stereocenters. The summed E-state index contributed by atoms with van der Waals surface area (Å²) in [6, 6.07) is -0.0434. The predicted octanol–water partition coefficient (Wildman–Crippen LogP) is 1.64. The fourth-order valence-corrected chi connectivity index (χ4v) is 4.98. The van der Waals surface area contributed by atoms with E-state index in [0.717, 1.165) is 51.9 Å². The van der Waals surface area contributed by atoms with Gasteiger partial charge < -0.3 is 15.0 Å². The van der Waals surface area contributed by atoms with Crippen molar-refractivity contribution < 1.29 is 14.3 Å². The largest absolute Gasteiger partial charge is 0.383 e. The second-order valence-corrected chi connectivity index (χ2v) is 8.12. The van der Waals surface area contributed by atoms with E-state index in [4.69, 9.17) is 4.74 Å². The number of carbonyl (C=O) groups excluding carboxylic acids is 2. The maximum atomic E-state index is 12.8. The minimum Gasteiger partial charge on any atom is -0.383 e. The standard InChI is InChI=1S/C20H35N3O3/c1-26-15-10-21-19(24)18(16-6-2-3-7-16)22-11-13-23(14-12-22)20(25)17-8-4-5-9-17/h16-18H,2-15H2,1H3,(H,21,24)/t18-/m1/s1. The fraction of sp³-hybridized carbons (Fsp3) is 0.900. The van der Waals surface area contributed by atoms with Gasteiger partial charge >= 0.3 is 0 Å². The number of nitrogens with one attached hydrogen (secondary N) is 1. The Bertz CT molecular complexity index is 465. The van der Waals surface area contributed by atoms with Crippen molar-refractivity contribution in [1.82, 2.24) is 15.1 Å². The Hall–Kier alpha value is -1.14. The van der Waals surface area contributed by atoms with Crippen molar-refractivity contribution in [3.8, 4) is 0 Å². The molecule has 0 spiro atoms. The van der Waals surface area contributed by atoms with Gasteiger partial charge in [-0.1, -0.05) is 25.7 Å². The van der Waals surface area contributed by atoms with E-state index in [1.54, 1.807) is 7.11 Å². The summed E-state index contributed by atoms with van der Waals surface area (Å²) in [4.78, 5) is 29.9. The Morgan fingerprint density at radius 3 is 2.23 bits per heavy atom. The lowest BCUT2D eigenvalue weighted by atomic mass is 9.94. The van der Waals surface area contributed by atoms with Gasteiger partial charge in [0.2, 0.25) is 11.8 Å². The van der Waals surface area contributed by atoms with Gasteiger partial charge in [-0.05, 0) is 31.6 Å². The number of nitrogens with zero attached hydrogens (tertiary/aromatic N) is 2. The smallest absolute Gasteiger partial charge is 0.237 e. The number of carbonyl (C=O) groups is 2. The summed E-state index contributed by atoms with van der Waals surface area (Å²) in [5, 5.41) is 3.05. The molecule has 0 bridgehead atoms. The van der Waals surface area contributed by atoms with E-state index in [1.165, 1.54) is 25.7 Å². The van der Waals surface area contributed by atoms with Crippen molar-refractivity contribution in [2.75, 3.05) is 46.4 Å². The Kier molecular flexibility index (Phi) is 7.32. The third-order valence-corrected chi connectivity index (χ3v) is 6.44. The third kappa shape index (κ3) is 4.77. The first-order chi connectivity index (χ1) is 12.7. The molecule has 148 valence electrons. The minimum absolute atomic E-state index is 0.0434. The van der Waals surface area contributed by atoms with E-state index in [-0.39, 0.29) is 17.9 Å². The van der Waals surface area contributed by atoms with E-state index < -0.39 is 0 Å². The number of ether oxygens (including phenoxy) is 1. The summed E-state index contributed by atoms with van der Waals surface area (Å²) in [5.41, 5.74) is 0. The van der Waals surface area contributed by atoms with Crippen LogP contribution in [0.5, 0.6) is 0 Å². The molecule has 1 aliphatic heterocycles. The van der Waals surface area contributed by atoms with Crippen LogP contribution < -0.4 is 5.32 Å². The summed E-state index contributed by atoms with van der Waals surface area (Å²) >= 11 is 0.